The summed E-state index contributed by atoms with van der Waals surface area (Å²) in [6.45, 7) is 6.02. The lowest BCUT2D eigenvalue weighted by Crippen LogP contribution is -2.29. The van der Waals surface area contributed by atoms with Gasteiger partial charge in [-0.25, -0.2) is 4.98 Å². The Morgan fingerprint density at radius 1 is 1.47 bits per heavy atom. The van der Waals surface area contributed by atoms with E-state index in [1.807, 2.05) is 18.4 Å². The Balaban J connectivity index is 1.80. The highest BCUT2D eigenvalue weighted by molar-refractivity contribution is 7.15. The van der Waals surface area contributed by atoms with Crippen molar-refractivity contribution in [3.05, 3.63) is 10.6 Å². The standard InChI is InChI=1S/C14H23N3OS/c1-10-9-17(6-3-7-18-10)14-16-13(11-4-5-11)12(19-14)8-15-2/h10-11,15H,3-9H2,1-2H3. The summed E-state index contributed by atoms with van der Waals surface area (Å²) in [5.41, 5.74) is 1.35. The number of aromatic nitrogens is 1. The summed E-state index contributed by atoms with van der Waals surface area (Å²) in [7, 11) is 2.01. The van der Waals surface area contributed by atoms with Gasteiger partial charge in [0.25, 0.3) is 0 Å². The Kier molecular flexibility index (Phi) is 4.05. The van der Waals surface area contributed by atoms with E-state index in [1.54, 1.807) is 0 Å². The molecule has 2 aliphatic rings. The minimum Gasteiger partial charge on any atom is -0.377 e. The molecule has 1 aromatic heterocycles. The molecule has 1 unspecified atom stereocenters. The van der Waals surface area contributed by atoms with Gasteiger partial charge in [0.15, 0.2) is 5.13 Å². The van der Waals surface area contributed by atoms with Crippen LogP contribution in [-0.2, 0) is 11.3 Å². The zero-order valence-corrected chi connectivity index (χ0v) is 12.6. The summed E-state index contributed by atoms with van der Waals surface area (Å²) >= 11 is 1.87. The Labute approximate surface area is 119 Å². The number of thiazole rings is 1. The molecule has 0 spiro atoms. The van der Waals surface area contributed by atoms with Gasteiger partial charge in [-0.1, -0.05) is 0 Å². The van der Waals surface area contributed by atoms with Crippen LogP contribution >= 0.6 is 11.3 Å². The van der Waals surface area contributed by atoms with E-state index in [-0.39, 0.29) is 0 Å². The largest absolute Gasteiger partial charge is 0.377 e. The van der Waals surface area contributed by atoms with Crippen LogP contribution in [0.3, 0.4) is 0 Å². The highest BCUT2D eigenvalue weighted by Crippen LogP contribution is 2.44. The van der Waals surface area contributed by atoms with Crippen molar-refractivity contribution in [2.75, 3.05) is 31.6 Å². The lowest BCUT2D eigenvalue weighted by molar-refractivity contribution is 0.0821. The molecular formula is C14H23N3OS. The molecule has 1 N–H and O–H groups in total. The van der Waals surface area contributed by atoms with Gasteiger partial charge in [0, 0.05) is 37.0 Å². The van der Waals surface area contributed by atoms with E-state index in [4.69, 9.17) is 9.72 Å². The molecule has 1 atom stereocenters. The fraction of sp³-hybridized carbons (Fsp3) is 0.786. The third-order valence-electron chi connectivity index (χ3n) is 3.74. The molecular weight excluding hydrogens is 258 g/mol. The first-order valence-corrected chi connectivity index (χ1v) is 8.10. The van der Waals surface area contributed by atoms with E-state index in [0.29, 0.717) is 6.10 Å². The van der Waals surface area contributed by atoms with Gasteiger partial charge in [0.1, 0.15) is 0 Å². The molecule has 2 fully saturated rings. The van der Waals surface area contributed by atoms with Crippen molar-refractivity contribution in [3.8, 4) is 0 Å². The topological polar surface area (TPSA) is 37.4 Å². The predicted octanol–water partition coefficient (Wildman–Crippen LogP) is 2.36. The average Bonchev–Trinajstić information content (AvgIpc) is 3.18. The third kappa shape index (κ3) is 3.09. The molecule has 1 saturated carbocycles. The molecule has 4 nitrogen and oxygen atoms in total. The van der Waals surface area contributed by atoms with E-state index >= 15 is 0 Å². The number of hydrogen-bond acceptors (Lipinski definition) is 5. The van der Waals surface area contributed by atoms with Crippen molar-refractivity contribution < 1.29 is 4.74 Å². The number of ether oxygens (including phenoxy) is 1. The van der Waals surface area contributed by atoms with Gasteiger partial charge in [-0.05, 0) is 33.2 Å². The van der Waals surface area contributed by atoms with Crippen molar-refractivity contribution in [2.24, 2.45) is 0 Å². The Morgan fingerprint density at radius 3 is 3.05 bits per heavy atom. The average molecular weight is 281 g/mol. The van der Waals surface area contributed by atoms with Crippen LogP contribution in [-0.4, -0.2) is 37.8 Å². The highest BCUT2D eigenvalue weighted by atomic mass is 32.1. The van der Waals surface area contributed by atoms with E-state index < -0.39 is 0 Å². The van der Waals surface area contributed by atoms with Crippen molar-refractivity contribution in [3.63, 3.8) is 0 Å². The molecule has 2 heterocycles. The second-order valence-corrected chi connectivity index (χ2v) is 6.65. The first kappa shape index (κ1) is 13.3. The van der Waals surface area contributed by atoms with Crippen LogP contribution in [0.4, 0.5) is 5.13 Å². The predicted molar refractivity (Wildman–Crippen MR) is 79.1 cm³/mol. The molecule has 1 aliphatic carbocycles. The van der Waals surface area contributed by atoms with Crippen molar-refractivity contribution >= 4 is 16.5 Å². The molecule has 0 amide bonds. The second-order valence-electron chi connectivity index (χ2n) is 5.59. The molecule has 0 radical (unpaired) electrons. The maximum Gasteiger partial charge on any atom is 0.185 e. The van der Waals surface area contributed by atoms with Crippen LogP contribution in [0.5, 0.6) is 0 Å². The maximum absolute atomic E-state index is 5.72. The van der Waals surface area contributed by atoms with Gasteiger partial charge in [-0.15, -0.1) is 11.3 Å². The third-order valence-corrected chi connectivity index (χ3v) is 4.87. The lowest BCUT2D eigenvalue weighted by Gasteiger charge is -2.20. The Bertz CT molecular complexity index is 430. The minimum absolute atomic E-state index is 0.309. The van der Waals surface area contributed by atoms with Crippen molar-refractivity contribution in [2.45, 2.75) is 44.8 Å². The van der Waals surface area contributed by atoms with E-state index in [0.717, 1.165) is 38.6 Å². The van der Waals surface area contributed by atoms with Crippen molar-refractivity contribution in [1.82, 2.24) is 10.3 Å². The van der Waals surface area contributed by atoms with Gasteiger partial charge in [-0.3, -0.25) is 0 Å². The molecule has 5 heteroatoms. The number of rotatable bonds is 4. The molecule has 106 valence electrons. The summed E-state index contributed by atoms with van der Waals surface area (Å²) in [6, 6.07) is 0. The zero-order chi connectivity index (χ0) is 13.2. The highest BCUT2D eigenvalue weighted by Gasteiger charge is 2.30. The summed E-state index contributed by atoms with van der Waals surface area (Å²) < 4.78 is 5.72. The SMILES string of the molecule is CNCc1sc(N2CCCOC(C)C2)nc1C1CC1. The minimum atomic E-state index is 0.309. The number of hydrogen-bond donors (Lipinski definition) is 1. The Morgan fingerprint density at radius 2 is 2.32 bits per heavy atom. The molecule has 3 rings (SSSR count). The van der Waals surface area contributed by atoms with Gasteiger partial charge in [0.05, 0.1) is 11.8 Å². The first-order chi connectivity index (χ1) is 9.28. The summed E-state index contributed by atoms with van der Waals surface area (Å²) in [6.07, 6.45) is 4.05. The molecule has 1 aromatic rings. The summed E-state index contributed by atoms with van der Waals surface area (Å²) in [5, 5.41) is 4.47. The lowest BCUT2D eigenvalue weighted by atomic mass is 10.2. The van der Waals surface area contributed by atoms with Gasteiger partial charge in [-0.2, -0.15) is 0 Å². The number of anilines is 1. The van der Waals surface area contributed by atoms with Crippen LogP contribution < -0.4 is 10.2 Å². The molecule has 1 aliphatic heterocycles. The quantitative estimate of drug-likeness (QED) is 0.919. The van der Waals surface area contributed by atoms with Crippen LogP contribution in [0, 0.1) is 0 Å². The molecule has 0 aromatic carbocycles. The van der Waals surface area contributed by atoms with Crippen LogP contribution in [0.1, 0.15) is 42.7 Å². The normalized spacial score (nSPS) is 24.5. The second kappa shape index (κ2) is 5.77. The van der Waals surface area contributed by atoms with E-state index in [9.17, 15) is 0 Å². The Hall–Kier alpha value is -0.650. The fourth-order valence-corrected chi connectivity index (χ4v) is 3.81. The smallest absolute Gasteiger partial charge is 0.185 e. The molecule has 19 heavy (non-hydrogen) atoms. The van der Waals surface area contributed by atoms with Crippen LogP contribution in [0.2, 0.25) is 0 Å². The fourth-order valence-electron chi connectivity index (χ4n) is 2.62. The van der Waals surface area contributed by atoms with E-state index in [1.165, 1.54) is 28.5 Å². The van der Waals surface area contributed by atoms with Gasteiger partial charge < -0.3 is 15.0 Å². The van der Waals surface area contributed by atoms with E-state index in [2.05, 4.69) is 17.1 Å². The van der Waals surface area contributed by atoms with Crippen molar-refractivity contribution in [1.29, 1.82) is 0 Å². The number of nitrogens with one attached hydrogen (secondary N) is 1. The van der Waals surface area contributed by atoms with Gasteiger partial charge >= 0.3 is 0 Å². The maximum atomic E-state index is 5.72. The summed E-state index contributed by atoms with van der Waals surface area (Å²) in [4.78, 5) is 8.78. The van der Waals surface area contributed by atoms with Crippen LogP contribution in [0.25, 0.3) is 0 Å². The number of nitrogens with zero attached hydrogens (tertiary/aromatic N) is 2. The molecule has 0 bridgehead atoms. The van der Waals surface area contributed by atoms with Gasteiger partial charge in [0.2, 0.25) is 0 Å². The monoisotopic (exact) mass is 281 g/mol. The first-order valence-electron chi connectivity index (χ1n) is 7.28. The zero-order valence-electron chi connectivity index (χ0n) is 11.8. The summed E-state index contributed by atoms with van der Waals surface area (Å²) in [5.74, 6) is 0.731. The van der Waals surface area contributed by atoms with Crippen LogP contribution in [0.15, 0.2) is 0 Å². The molecule has 1 saturated heterocycles.